The summed E-state index contributed by atoms with van der Waals surface area (Å²) in [7, 11) is 1.90. The van der Waals surface area contributed by atoms with Gasteiger partial charge in [-0.05, 0) is 36.7 Å². The standard InChI is InChI=1S/C15H18N2O2/c1-16-10-13-4-7-15(17-11-13)19-14-5-2-12(3-6-14)8-9-18/h2-7,11,16,18H,8-10H2,1H3. The van der Waals surface area contributed by atoms with Gasteiger partial charge in [0.2, 0.25) is 5.88 Å². The van der Waals surface area contributed by atoms with E-state index in [1.165, 1.54) is 0 Å². The fourth-order valence-corrected chi connectivity index (χ4v) is 1.75. The van der Waals surface area contributed by atoms with E-state index in [1.54, 1.807) is 6.20 Å². The molecule has 19 heavy (non-hydrogen) atoms. The lowest BCUT2D eigenvalue weighted by molar-refractivity contribution is 0.299. The second-order valence-electron chi connectivity index (χ2n) is 4.25. The van der Waals surface area contributed by atoms with Gasteiger partial charge in [0.1, 0.15) is 5.75 Å². The summed E-state index contributed by atoms with van der Waals surface area (Å²) in [6.07, 6.45) is 2.46. The molecule has 0 unspecified atom stereocenters. The quantitative estimate of drug-likeness (QED) is 0.833. The van der Waals surface area contributed by atoms with E-state index >= 15 is 0 Å². The van der Waals surface area contributed by atoms with Gasteiger partial charge in [-0.3, -0.25) is 0 Å². The van der Waals surface area contributed by atoms with Crippen LogP contribution in [0.5, 0.6) is 11.6 Å². The molecule has 2 rings (SSSR count). The van der Waals surface area contributed by atoms with Crippen molar-refractivity contribution in [1.82, 2.24) is 10.3 Å². The molecular formula is C15H18N2O2. The van der Waals surface area contributed by atoms with E-state index in [2.05, 4.69) is 10.3 Å². The van der Waals surface area contributed by atoms with Crippen LogP contribution in [0.1, 0.15) is 11.1 Å². The van der Waals surface area contributed by atoms with Gasteiger partial charge in [0.05, 0.1) is 0 Å². The number of hydrogen-bond acceptors (Lipinski definition) is 4. The Bertz CT molecular complexity index is 447. The van der Waals surface area contributed by atoms with Crippen LogP contribution in [0.2, 0.25) is 0 Å². The highest BCUT2D eigenvalue weighted by atomic mass is 16.5. The number of benzene rings is 1. The Morgan fingerprint density at radius 2 is 1.84 bits per heavy atom. The SMILES string of the molecule is CNCc1ccc(Oc2ccc(CCO)cc2)nc1. The van der Waals surface area contributed by atoms with Gasteiger partial charge < -0.3 is 15.2 Å². The maximum atomic E-state index is 8.85. The van der Waals surface area contributed by atoms with E-state index in [4.69, 9.17) is 9.84 Å². The second kappa shape index (κ2) is 6.87. The van der Waals surface area contributed by atoms with Crippen LogP contribution in [0.15, 0.2) is 42.6 Å². The van der Waals surface area contributed by atoms with Crippen LogP contribution in [0, 0.1) is 0 Å². The third kappa shape index (κ3) is 4.05. The molecule has 0 aliphatic heterocycles. The van der Waals surface area contributed by atoms with Crippen LogP contribution in [0.25, 0.3) is 0 Å². The average molecular weight is 258 g/mol. The van der Waals surface area contributed by atoms with Gasteiger partial charge in [-0.1, -0.05) is 18.2 Å². The molecule has 0 amide bonds. The Morgan fingerprint density at radius 3 is 2.42 bits per heavy atom. The van der Waals surface area contributed by atoms with Gasteiger partial charge in [0, 0.05) is 25.4 Å². The van der Waals surface area contributed by atoms with Crippen LogP contribution in [0.4, 0.5) is 0 Å². The lowest BCUT2D eigenvalue weighted by Gasteiger charge is -2.06. The average Bonchev–Trinajstić information content (AvgIpc) is 2.44. The topological polar surface area (TPSA) is 54.4 Å². The van der Waals surface area contributed by atoms with Crippen molar-refractivity contribution in [3.05, 3.63) is 53.7 Å². The van der Waals surface area contributed by atoms with E-state index < -0.39 is 0 Å². The molecular weight excluding hydrogens is 240 g/mol. The number of rotatable bonds is 6. The Hall–Kier alpha value is -1.91. The van der Waals surface area contributed by atoms with Gasteiger partial charge in [-0.2, -0.15) is 0 Å². The Morgan fingerprint density at radius 1 is 1.11 bits per heavy atom. The summed E-state index contributed by atoms with van der Waals surface area (Å²) in [6, 6.07) is 11.5. The molecule has 2 N–H and O–H groups in total. The van der Waals surface area contributed by atoms with Crippen molar-refractivity contribution < 1.29 is 9.84 Å². The second-order valence-corrected chi connectivity index (χ2v) is 4.25. The molecule has 1 aromatic carbocycles. The molecule has 0 aliphatic carbocycles. The number of aromatic nitrogens is 1. The molecule has 4 heteroatoms. The minimum absolute atomic E-state index is 0.161. The van der Waals surface area contributed by atoms with Crippen molar-refractivity contribution in [2.75, 3.05) is 13.7 Å². The van der Waals surface area contributed by atoms with E-state index in [-0.39, 0.29) is 6.61 Å². The van der Waals surface area contributed by atoms with Crippen LogP contribution in [0.3, 0.4) is 0 Å². The Kier molecular flexibility index (Phi) is 4.89. The molecule has 100 valence electrons. The zero-order chi connectivity index (χ0) is 13.5. The fourth-order valence-electron chi connectivity index (χ4n) is 1.75. The first kappa shape index (κ1) is 13.5. The van der Waals surface area contributed by atoms with Crippen LogP contribution >= 0.6 is 0 Å². The zero-order valence-electron chi connectivity index (χ0n) is 11.0. The fraction of sp³-hybridized carbons (Fsp3) is 0.267. The minimum atomic E-state index is 0.161. The molecule has 0 atom stereocenters. The van der Waals surface area contributed by atoms with Gasteiger partial charge >= 0.3 is 0 Å². The highest BCUT2D eigenvalue weighted by molar-refractivity contribution is 5.31. The lowest BCUT2D eigenvalue weighted by Crippen LogP contribution is -2.05. The molecule has 4 nitrogen and oxygen atoms in total. The summed E-state index contributed by atoms with van der Waals surface area (Å²) in [6.45, 7) is 0.956. The Balaban J connectivity index is 1.99. The number of ether oxygens (including phenoxy) is 1. The number of pyridine rings is 1. The van der Waals surface area contributed by atoms with Gasteiger partial charge in [-0.25, -0.2) is 4.98 Å². The lowest BCUT2D eigenvalue weighted by atomic mass is 10.1. The summed E-state index contributed by atoms with van der Waals surface area (Å²) in [5.74, 6) is 1.32. The van der Waals surface area contributed by atoms with E-state index in [0.717, 1.165) is 23.4 Å². The van der Waals surface area contributed by atoms with Crippen molar-refractivity contribution in [2.24, 2.45) is 0 Å². The normalized spacial score (nSPS) is 10.4. The van der Waals surface area contributed by atoms with Crippen LogP contribution in [-0.4, -0.2) is 23.7 Å². The molecule has 1 heterocycles. The van der Waals surface area contributed by atoms with Crippen LogP contribution < -0.4 is 10.1 Å². The van der Waals surface area contributed by atoms with Crippen molar-refractivity contribution >= 4 is 0 Å². The van der Waals surface area contributed by atoms with E-state index in [1.807, 2.05) is 43.4 Å². The molecule has 0 bridgehead atoms. The Labute approximate surface area is 113 Å². The molecule has 0 fully saturated rings. The van der Waals surface area contributed by atoms with Crippen LogP contribution in [-0.2, 0) is 13.0 Å². The van der Waals surface area contributed by atoms with Gasteiger partial charge in [0.15, 0.2) is 0 Å². The van der Waals surface area contributed by atoms with E-state index in [9.17, 15) is 0 Å². The summed E-state index contributed by atoms with van der Waals surface area (Å²) < 4.78 is 5.65. The highest BCUT2D eigenvalue weighted by Gasteiger charge is 2.00. The summed E-state index contributed by atoms with van der Waals surface area (Å²) in [5.41, 5.74) is 2.21. The third-order valence-electron chi connectivity index (χ3n) is 2.72. The zero-order valence-corrected chi connectivity index (χ0v) is 11.0. The number of nitrogens with one attached hydrogen (secondary N) is 1. The third-order valence-corrected chi connectivity index (χ3v) is 2.72. The first-order valence-corrected chi connectivity index (χ1v) is 6.29. The maximum Gasteiger partial charge on any atom is 0.219 e. The number of nitrogens with zero attached hydrogens (tertiary/aromatic N) is 1. The predicted octanol–water partition coefficient (Wildman–Crippen LogP) is 2.13. The summed E-state index contributed by atoms with van der Waals surface area (Å²) >= 11 is 0. The molecule has 2 aromatic rings. The molecule has 0 aliphatic rings. The van der Waals surface area contributed by atoms with Gasteiger partial charge in [0.25, 0.3) is 0 Å². The smallest absolute Gasteiger partial charge is 0.219 e. The number of hydrogen-bond donors (Lipinski definition) is 2. The summed E-state index contributed by atoms with van der Waals surface area (Å²) in [4.78, 5) is 4.25. The molecule has 0 radical (unpaired) electrons. The maximum absolute atomic E-state index is 8.85. The first-order chi connectivity index (χ1) is 9.31. The minimum Gasteiger partial charge on any atom is -0.439 e. The predicted molar refractivity (Wildman–Crippen MR) is 74.3 cm³/mol. The van der Waals surface area contributed by atoms with Gasteiger partial charge in [-0.15, -0.1) is 0 Å². The summed E-state index contributed by atoms with van der Waals surface area (Å²) in [5, 5.41) is 11.9. The molecule has 1 aromatic heterocycles. The number of aliphatic hydroxyl groups is 1. The monoisotopic (exact) mass is 258 g/mol. The van der Waals surface area contributed by atoms with Crippen molar-refractivity contribution in [2.45, 2.75) is 13.0 Å². The van der Waals surface area contributed by atoms with Crippen molar-refractivity contribution in [3.8, 4) is 11.6 Å². The first-order valence-electron chi connectivity index (χ1n) is 6.29. The molecule has 0 saturated heterocycles. The largest absolute Gasteiger partial charge is 0.439 e. The highest BCUT2D eigenvalue weighted by Crippen LogP contribution is 2.20. The molecule has 0 saturated carbocycles. The van der Waals surface area contributed by atoms with E-state index in [0.29, 0.717) is 12.3 Å². The number of aliphatic hydroxyl groups excluding tert-OH is 1. The van der Waals surface area contributed by atoms with Crippen molar-refractivity contribution in [3.63, 3.8) is 0 Å². The van der Waals surface area contributed by atoms with Crippen molar-refractivity contribution in [1.29, 1.82) is 0 Å². The molecule has 0 spiro atoms.